The van der Waals surface area contributed by atoms with E-state index in [0.717, 1.165) is 29.2 Å². The summed E-state index contributed by atoms with van der Waals surface area (Å²) in [6.07, 6.45) is 4.53. The number of benzene rings is 1. The van der Waals surface area contributed by atoms with E-state index in [0.29, 0.717) is 11.4 Å². The number of alkyl halides is 2. The van der Waals surface area contributed by atoms with E-state index < -0.39 is 5.92 Å². The molecule has 126 valence electrons. The highest BCUT2D eigenvalue weighted by atomic mass is 19.3. The van der Waals surface area contributed by atoms with Crippen molar-refractivity contribution >= 4 is 11.0 Å². The molecule has 0 aliphatic rings. The number of aromatic amines is 1. The van der Waals surface area contributed by atoms with E-state index in [1.165, 1.54) is 12.5 Å². The molecule has 0 bridgehead atoms. The number of hydrogen-bond acceptors (Lipinski definition) is 3. The Morgan fingerprint density at radius 2 is 2.04 bits per heavy atom. The molecule has 3 heterocycles. The number of hydrogen-bond donors (Lipinski definition) is 1. The van der Waals surface area contributed by atoms with E-state index >= 15 is 0 Å². The predicted octanol–water partition coefficient (Wildman–Crippen LogP) is 4.01. The number of H-pyrrole nitrogens is 1. The summed E-state index contributed by atoms with van der Waals surface area (Å²) in [5.74, 6) is -2.07. The zero-order valence-corrected chi connectivity index (χ0v) is 13.4. The molecule has 0 saturated heterocycles. The van der Waals surface area contributed by atoms with Crippen molar-refractivity contribution in [2.75, 3.05) is 0 Å². The molecule has 3 aromatic heterocycles. The van der Waals surface area contributed by atoms with Crippen LogP contribution in [0.4, 0.5) is 8.78 Å². The fraction of sp³-hybridized carbons (Fsp3) is 0.167. The molecule has 5 nitrogen and oxygen atoms in total. The summed E-state index contributed by atoms with van der Waals surface area (Å²) < 4.78 is 28.3. The minimum Gasteiger partial charge on any atom is -0.301 e. The highest BCUT2D eigenvalue weighted by Gasteiger charge is 2.22. The van der Waals surface area contributed by atoms with E-state index in [9.17, 15) is 8.78 Å². The average molecular weight is 339 g/mol. The van der Waals surface area contributed by atoms with Crippen molar-refractivity contribution in [3.63, 3.8) is 0 Å². The van der Waals surface area contributed by atoms with Crippen molar-refractivity contribution in [3.8, 4) is 17.1 Å². The van der Waals surface area contributed by atoms with Gasteiger partial charge < -0.3 is 4.57 Å². The van der Waals surface area contributed by atoms with Gasteiger partial charge >= 0.3 is 0 Å². The van der Waals surface area contributed by atoms with Crippen molar-refractivity contribution in [2.45, 2.75) is 19.3 Å². The Bertz CT molecular complexity index is 1020. The maximum Gasteiger partial charge on any atom is 0.249 e. The molecule has 0 unspecified atom stereocenters. The third kappa shape index (κ3) is 3.13. The van der Waals surface area contributed by atoms with Crippen LogP contribution >= 0.6 is 0 Å². The number of aromatic nitrogens is 5. The van der Waals surface area contributed by atoms with Gasteiger partial charge in [-0.05, 0) is 36.8 Å². The predicted molar refractivity (Wildman–Crippen MR) is 90.8 cm³/mol. The van der Waals surface area contributed by atoms with E-state index in [4.69, 9.17) is 0 Å². The monoisotopic (exact) mass is 339 g/mol. The SMILES string of the molecule is CC(F)(F)Cc1cnc2c(ccn2-c2cccc(-c3ncn[nH]3)c2)c1. The first-order chi connectivity index (χ1) is 12.0. The molecule has 1 N–H and O–H groups in total. The summed E-state index contributed by atoms with van der Waals surface area (Å²) in [6.45, 7) is 0.914. The Hall–Kier alpha value is -3.09. The van der Waals surface area contributed by atoms with Gasteiger partial charge in [0.25, 0.3) is 0 Å². The average Bonchev–Trinajstić information content (AvgIpc) is 3.23. The van der Waals surface area contributed by atoms with Crippen LogP contribution in [0.3, 0.4) is 0 Å². The number of nitrogens with one attached hydrogen (secondary N) is 1. The van der Waals surface area contributed by atoms with Crippen LogP contribution in [-0.4, -0.2) is 30.7 Å². The lowest BCUT2D eigenvalue weighted by Gasteiger charge is -2.10. The molecule has 0 fully saturated rings. The van der Waals surface area contributed by atoms with E-state index in [2.05, 4.69) is 20.2 Å². The highest BCUT2D eigenvalue weighted by molar-refractivity contribution is 5.79. The zero-order chi connectivity index (χ0) is 17.4. The summed E-state index contributed by atoms with van der Waals surface area (Å²) in [7, 11) is 0. The molecule has 0 saturated carbocycles. The van der Waals surface area contributed by atoms with Gasteiger partial charge in [0.15, 0.2) is 5.82 Å². The van der Waals surface area contributed by atoms with Gasteiger partial charge in [-0.1, -0.05) is 12.1 Å². The standard InChI is InChI=1S/C18H15F2N5/c1-18(19,20)9-12-7-14-5-6-25(17(14)21-10-12)15-4-2-3-13(8-15)16-22-11-23-24-16/h2-8,10-11H,9H2,1H3,(H,22,23,24). The lowest BCUT2D eigenvalue weighted by atomic mass is 10.1. The molecule has 0 radical (unpaired) electrons. The van der Waals surface area contributed by atoms with Crippen LogP contribution in [0.5, 0.6) is 0 Å². The molecule has 1 aromatic carbocycles. The van der Waals surface area contributed by atoms with Gasteiger partial charge in [-0.3, -0.25) is 5.10 Å². The van der Waals surface area contributed by atoms with Crippen LogP contribution in [0.2, 0.25) is 0 Å². The Morgan fingerprint density at radius 3 is 2.80 bits per heavy atom. The van der Waals surface area contributed by atoms with Gasteiger partial charge in [0, 0.05) is 35.5 Å². The van der Waals surface area contributed by atoms with Gasteiger partial charge in [0.05, 0.1) is 0 Å². The molecule has 4 aromatic rings. The fourth-order valence-electron chi connectivity index (χ4n) is 2.88. The van der Waals surface area contributed by atoms with Crippen LogP contribution in [0.15, 0.2) is 55.1 Å². The summed E-state index contributed by atoms with van der Waals surface area (Å²) in [5, 5.41) is 7.52. The second kappa shape index (κ2) is 5.77. The first-order valence-corrected chi connectivity index (χ1v) is 7.80. The largest absolute Gasteiger partial charge is 0.301 e. The van der Waals surface area contributed by atoms with Crippen LogP contribution < -0.4 is 0 Å². The third-order valence-corrected chi connectivity index (χ3v) is 3.91. The number of pyridine rings is 1. The summed E-state index contributed by atoms with van der Waals surface area (Å²) >= 11 is 0. The fourth-order valence-corrected chi connectivity index (χ4v) is 2.88. The summed E-state index contributed by atoms with van der Waals surface area (Å²) in [4.78, 5) is 8.54. The van der Waals surface area contributed by atoms with Crippen LogP contribution in [0.1, 0.15) is 12.5 Å². The number of rotatable bonds is 4. The molecule has 0 aliphatic carbocycles. The van der Waals surface area contributed by atoms with Crippen molar-refractivity contribution in [1.82, 2.24) is 24.7 Å². The van der Waals surface area contributed by atoms with Crippen molar-refractivity contribution in [3.05, 3.63) is 60.7 Å². The van der Waals surface area contributed by atoms with E-state index in [1.807, 2.05) is 41.1 Å². The lowest BCUT2D eigenvalue weighted by Crippen LogP contribution is -2.13. The molecule has 0 amide bonds. The maximum atomic E-state index is 13.2. The Morgan fingerprint density at radius 1 is 1.16 bits per heavy atom. The molecule has 0 aliphatic heterocycles. The Labute approximate surface area is 142 Å². The minimum absolute atomic E-state index is 0.317. The lowest BCUT2D eigenvalue weighted by molar-refractivity contribution is 0.0226. The highest BCUT2D eigenvalue weighted by Crippen LogP contribution is 2.25. The molecule has 4 rings (SSSR count). The topological polar surface area (TPSA) is 59.4 Å². The molecular weight excluding hydrogens is 324 g/mol. The van der Waals surface area contributed by atoms with Crippen molar-refractivity contribution in [2.24, 2.45) is 0 Å². The normalized spacial score (nSPS) is 12.0. The maximum absolute atomic E-state index is 13.2. The summed E-state index contributed by atoms with van der Waals surface area (Å²) in [6, 6.07) is 11.4. The van der Waals surface area contributed by atoms with E-state index in [-0.39, 0.29) is 6.42 Å². The molecule has 7 heteroatoms. The number of fused-ring (bicyclic) bond motifs is 1. The van der Waals surface area contributed by atoms with Crippen LogP contribution in [0.25, 0.3) is 28.1 Å². The third-order valence-electron chi connectivity index (χ3n) is 3.91. The zero-order valence-electron chi connectivity index (χ0n) is 13.4. The van der Waals surface area contributed by atoms with Crippen molar-refractivity contribution in [1.29, 1.82) is 0 Å². The summed E-state index contributed by atoms with van der Waals surface area (Å²) in [5.41, 5.74) is 3.05. The second-order valence-corrected chi connectivity index (χ2v) is 6.07. The van der Waals surface area contributed by atoms with Gasteiger partial charge in [0.1, 0.15) is 12.0 Å². The Kier molecular flexibility index (Phi) is 3.56. The van der Waals surface area contributed by atoms with Gasteiger partial charge in [-0.2, -0.15) is 5.10 Å². The van der Waals surface area contributed by atoms with Gasteiger partial charge in [-0.25, -0.2) is 18.7 Å². The van der Waals surface area contributed by atoms with Crippen LogP contribution in [0, 0.1) is 0 Å². The number of nitrogens with zero attached hydrogens (tertiary/aromatic N) is 4. The smallest absolute Gasteiger partial charge is 0.249 e. The van der Waals surface area contributed by atoms with E-state index in [1.54, 1.807) is 6.07 Å². The molecule has 0 atom stereocenters. The second-order valence-electron chi connectivity index (χ2n) is 6.07. The molecule has 0 spiro atoms. The first kappa shape index (κ1) is 15.4. The van der Waals surface area contributed by atoms with Gasteiger partial charge in [0.2, 0.25) is 5.92 Å². The minimum atomic E-state index is -2.75. The molecular formula is C18H15F2N5. The van der Waals surface area contributed by atoms with Crippen LogP contribution in [-0.2, 0) is 6.42 Å². The molecule has 25 heavy (non-hydrogen) atoms. The number of halogens is 2. The first-order valence-electron chi connectivity index (χ1n) is 7.80. The quantitative estimate of drug-likeness (QED) is 0.611. The van der Waals surface area contributed by atoms with Gasteiger partial charge in [-0.15, -0.1) is 0 Å². The Balaban J connectivity index is 1.74. The van der Waals surface area contributed by atoms with Crippen molar-refractivity contribution < 1.29 is 8.78 Å².